The molecule has 1 heterocycles. The third-order valence-corrected chi connectivity index (χ3v) is 5.75. The number of hydroxylamine groups is 1. The Bertz CT molecular complexity index is 1120. The third-order valence-electron chi connectivity index (χ3n) is 4.57. The van der Waals surface area contributed by atoms with E-state index in [9.17, 15) is 22.4 Å². The minimum atomic E-state index is -3.78. The number of nitrogens with one attached hydrogen (secondary N) is 3. The quantitative estimate of drug-likeness (QED) is 0.519. The van der Waals surface area contributed by atoms with Gasteiger partial charge in [-0.2, -0.15) is 0 Å². The number of nitrogens with zero attached hydrogens (tertiary/aromatic N) is 2. The highest BCUT2D eigenvalue weighted by atomic mass is 32.2. The molecule has 0 spiro atoms. The second-order valence-corrected chi connectivity index (χ2v) is 8.97. The summed E-state index contributed by atoms with van der Waals surface area (Å²) in [4.78, 5) is 34.0. The van der Waals surface area contributed by atoms with Crippen LogP contribution in [0.2, 0.25) is 0 Å². The van der Waals surface area contributed by atoms with Crippen LogP contribution in [-0.4, -0.2) is 51.7 Å². The minimum absolute atomic E-state index is 0.0301. The molecule has 12 heteroatoms. The number of carbonyl (C=O) groups is 2. The molecule has 0 atom stereocenters. The lowest BCUT2D eigenvalue weighted by atomic mass is 10.1. The molecule has 1 aromatic heterocycles. The third kappa shape index (κ3) is 5.09. The van der Waals surface area contributed by atoms with Gasteiger partial charge in [-0.25, -0.2) is 18.3 Å². The van der Waals surface area contributed by atoms with Gasteiger partial charge in [-0.05, 0) is 31.0 Å². The first-order valence-corrected chi connectivity index (χ1v) is 11.1. The van der Waals surface area contributed by atoms with E-state index < -0.39 is 27.7 Å². The normalized spacial score (nSPS) is 13.4. The van der Waals surface area contributed by atoms with Crippen LogP contribution >= 0.6 is 0 Å². The van der Waals surface area contributed by atoms with Crippen molar-refractivity contribution in [2.75, 3.05) is 30.0 Å². The largest absolute Gasteiger partial charge is 0.353 e. The van der Waals surface area contributed by atoms with Gasteiger partial charge in [-0.3, -0.25) is 23.7 Å². The van der Waals surface area contributed by atoms with E-state index in [-0.39, 0.29) is 34.4 Å². The lowest BCUT2D eigenvalue weighted by molar-refractivity contribution is 0.0535. The van der Waals surface area contributed by atoms with Crippen LogP contribution in [-0.2, 0) is 14.9 Å². The van der Waals surface area contributed by atoms with E-state index in [0.29, 0.717) is 0 Å². The Morgan fingerprint density at radius 2 is 1.90 bits per heavy atom. The Morgan fingerprint density at radius 1 is 1.19 bits per heavy atom. The number of amides is 2. The minimum Gasteiger partial charge on any atom is -0.353 e. The first kappa shape index (κ1) is 22.4. The van der Waals surface area contributed by atoms with Gasteiger partial charge >= 0.3 is 0 Å². The number of benzene rings is 1. The van der Waals surface area contributed by atoms with Gasteiger partial charge in [0.25, 0.3) is 11.8 Å². The Kier molecular flexibility index (Phi) is 6.41. The average Bonchev–Trinajstić information content (AvgIpc) is 3.51. The maximum absolute atomic E-state index is 14.5. The number of hydrogen-bond donors (Lipinski definition) is 3. The van der Waals surface area contributed by atoms with Gasteiger partial charge in [0.2, 0.25) is 10.0 Å². The lowest BCUT2D eigenvalue weighted by Crippen LogP contribution is -2.32. The number of pyridine rings is 1. The maximum Gasteiger partial charge on any atom is 0.279 e. The average molecular weight is 451 g/mol. The van der Waals surface area contributed by atoms with Gasteiger partial charge in [-0.15, -0.1) is 0 Å². The number of sulfonamides is 1. The zero-order valence-electron chi connectivity index (χ0n) is 17.1. The monoisotopic (exact) mass is 451 g/mol. The first-order valence-electron chi connectivity index (χ1n) is 9.26. The molecular formula is C19H22FN5O5S. The van der Waals surface area contributed by atoms with Gasteiger partial charge in [0.15, 0.2) is 0 Å². The van der Waals surface area contributed by atoms with E-state index in [1.54, 1.807) is 0 Å². The summed E-state index contributed by atoms with van der Waals surface area (Å²) >= 11 is 0. The standard InChI is InChI=1S/C19H22FN5O5S/c1-25(31(3,28)29)17-12(20)5-4-6-14(17)23-13-9-10-21-16(15(13)18(26)24-30-2)19(27)22-11-7-8-11/h4-6,9-11H,7-8H2,1-3H3,(H,21,23)(H,22,27)(H,24,26). The Labute approximate surface area is 178 Å². The second kappa shape index (κ2) is 8.86. The number of aromatic nitrogens is 1. The van der Waals surface area contributed by atoms with Crippen molar-refractivity contribution < 1.29 is 27.2 Å². The van der Waals surface area contributed by atoms with Gasteiger partial charge in [0.05, 0.1) is 30.3 Å². The maximum atomic E-state index is 14.5. The molecule has 0 bridgehead atoms. The van der Waals surface area contributed by atoms with Crippen molar-refractivity contribution in [3.05, 3.63) is 47.5 Å². The van der Waals surface area contributed by atoms with E-state index in [2.05, 4.69) is 25.9 Å². The van der Waals surface area contributed by atoms with Crippen molar-refractivity contribution >= 4 is 38.9 Å². The SMILES string of the molecule is CONC(=O)c1c(Nc2cccc(F)c2N(C)S(C)(=O)=O)ccnc1C(=O)NC1CC1. The molecule has 166 valence electrons. The first-order chi connectivity index (χ1) is 14.6. The number of para-hydroxylation sites is 1. The van der Waals surface area contributed by atoms with Crippen LogP contribution in [0.4, 0.5) is 21.5 Å². The summed E-state index contributed by atoms with van der Waals surface area (Å²) in [5, 5.41) is 5.62. The van der Waals surface area contributed by atoms with Gasteiger partial charge in [0.1, 0.15) is 17.2 Å². The summed E-state index contributed by atoms with van der Waals surface area (Å²) < 4.78 is 39.3. The van der Waals surface area contributed by atoms with Crippen molar-refractivity contribution in [2.45, 2.75) is 18.9 Å². The highest BCUT2D eigenvalue weighted by Crippen LogP contribution is 2.33. The Balaban J connectivity index is 2.09. The predicted octanol–water partition coefficient (Wildman–Crippen LogP) is 1.54. The topological polar surface area (TPSA) is 130 Å². The van der Waals surface area contributed by atoms with Crippen LogP contribution in [0, 0.1) is 5.82 Å². The summed E-state index contributed by atoms with van der Waals surface area (Å²) in [5.74, 6) is -2.09. The van der Waals surface area contributed by atoms with Crippen LogP contribution < -0.4 is 20.4 Å². The van der Waals surface area contributed by atoms with Crippen LogP contribution in [0.25, 0.3) is 0 Å². The summed E-state index contributed by atoms with van der Waals surface area (Å²) in [7, 11) is -1.34. The molecule has 1 aliphatic carbocycles. The van der Waals surface area contributed by atoms with E-state index >= 15 is 0 Å². The fourth-order valence-corrected chi connectivity index (χ4v) is 3.36. The zero-order chi connectivity index (χ0) is 22.8. The fourth-order valence-electron chi connectivity index (χ4n) is 2.84. The molecule has 1 aromatic carbocycles. The molecule has 1 fully saturated rings. The van der Waals surface area contributed by atoms with Crippen molar-refractivity contribution in [1.29, 1.82) is 0 Å². The smallest absolute Gasteiger partial charge is 0.279 e. The Hall–Kier alpha value is -3.25. The predicted molar refractivity (Wildman–Crippen MR) is 112 cm³/mol. The van der Waals surface area contributed by atoms with E-state index in [4.69, 9.17) is 0 Å². The molecule has 2 aromatic rings. The van der Waals surface area contributed by atoms with Gasteiger partial charge in [0, 0.05) is 19.3 Å². The van der Waals surface area contributed by atoms with Crippen molar-refractivity contribution in [3.8, 4) is 0 Å². The van der Waals surface area contributed by atoms with Gasteiger partial charge in [-0.1, -0.05) is 6.07 Å². The summed E-state index contributed by atoms with van der Waals surface area (Å²) in [6.45, 7) is 0. The molecule has 0 radical (unpaired) electrons. The zero-order valence-corrected chi connectivity index (χ0v) is 17.9. The highest BCUT2D eigenvalue weighted by Gasteiger charge is 2.29. The van der Waals surface area contributed by atoms with E-state index in [1.165, 1.54) is 38.6 Å². The molecule has 1 aliphatic rings. The van der Waals surface area contributed by atoms with Crippen molar-refractivity contribution in [1.82, 2.24) is 15.8 Å². The molecule has 1 saturated carbocycles. The molecule has 10 nitrogen and oxygen atoms in total. The molecule has 0 saturated heterocycles. The lowest BCUT2D eigenvalue weighted by Gasteiger charge is -2.22. The molecule has 3 N–H and O–H groups in total. The number of anilines is 3. The summed E-state index contributed by atoms with van der Waals surface area (Å²) in [6.07, 6.45) is 3.93. The van der Waals surface area contributed by atoms with Crippen molar-refractivity contribution in [3.63, 3.8) is 0 Å². The molecule has 0 unspecified atom stereocenters. The Morgan fingerprint density at radius 3 is 2.52 bits per heavy atom. The van der Waals surface area contributed by atoms with Gasteiger partial charge < -0.3 is 10.6 Å². The number of carbonyl (C=O) groups excluding carboxylic acids is 2. The fraction of sp³-hybridized carbons (Fsp3) is 0.316. The van der Waals surface area contributed by atoms with E-state index in [1.807, 2.05) is 0 Å². The van der Waals surface area contributed by atoms with Crippen LogP contribution in [0.1, 0.15) is 33.7 Å². The second-order valence-electron chi connectivity index (χ2n) is 6.96. The van der Waals surface area contributed by atoms with Crippen LogP contribution in [0.15, 0.2) is 30.5 Å². The molecule has 0 aliphatic heterocycles. The molecule has 2 amide bonds. The highest BCUT2D eigenvalue weighted by molar-refractivity contribution is 7.92. The molecule has 3 rings (SSSR count). The van der Waals surface area contributed by atoms with Crippen LogP contribution in [0.3, 0.4) is 0 Å². The number of rotatable bonds is 8. The number of hydrogen-bond acceptors (Lipinski definition) is 7. The molecule has 31 heavy (non-hydrogen) atoms. The summed E-state index contributed by atoms with van der Waals surface area (Å²) in [5.41, 5.74) is 1.79. The van der Waals surface area contributed by atoms with Crippen LogP contribution in [0.5, 0.6) is 0 Å². The number of halogens is 1. The molecular weight excluding hydrogens is 429 g/mol. The van der Waals surface area contributed by atoms with Crippen molar-refractivity contribution in [2.24, 2.45) is 0 Å². The van der Waals surface area contributed by atoms with E-state index in [0.717, 1.165) is 29.5 Å². The summed E-state index contributed by atoms with van der Waals surface area (Å²) in [6, 6.07) is 5.38.